The zero-order valence-electron chi connectivity index (χ0n) is 13.1. The topological polar surface area (TPSA) is 70.7 Å². The summed E-state index contributed by atoms with van der Waals surface area (Å²) < 4.78 is 5.57. The largest absolute Gasteiger partial charge is 0.479 e. The molecule has 120 valence electrons. The minimum atomic E-state index is -0.522. The molecule has 2 rings (SSSR count). The van der Waals surface area contributed by atoms with Crippen LogP contribution in [0.25, 0.3) is 0 Å². The van der Waals surface area contributed by atoms with E-state index in [-0.39, 0.29) is 18.2 Å². The summed E-state index contributed by atoms with van der Waals surface area (Å²) in [5, 5.41) is 5.98. The molecule has 1 aliphatic heterocycles. The average molecular weight is 305 g/mol. The second-order valence-electron chi connectivity index (χ2n) is 5.17. The number of hydrogen-bond donors (Lipinski definition) is 2. The lowest BCUT2D eigenvalue weighted by Crippen LogP contribution is -2.46. The molecule has 22 heavy (non-hydrogen) atoms. The summed E-state index contributed by atoms with van der Waals surface area (Å²) in [6.07, 6.45) is -0.245. The number of rotatable bonds is 7. The van der Waals surface area contributed by atoms with Gasteiger partial charge in [-0.25, -0.2) is 0 Å². The molecule has 0 radical (unpaired) electrons. The van der Waals surface area contributed by atoms with Gasteiger partial charge < -0.3 is 20.3 Å². The summed E-state index contributed by atoms with van der Waals surface area (Å²) >= 11 is 0. The Morgan fingerprint density at radius 1 is 1.32 bits per heavy atom. The number of anilines is 1. The van der Waals surface area contributed by atoms with Crippen LogP contribution in [0.1, 0.15) is 20.3 Å². The van der Waals surface area contributed by atoms with Gasteiger partial charge in [-0.1, -0.05) is 19.1 Å². The molecule has 1 atom stereocenters. The lowest BCUT2D eigenvalue weighted by atomic mass is 10.1. The number of para-hydroxylation sites is 2. The molecule has 6 heteroatoms. The van der Waals surface area contributed by atoms with Gasteiger partial charge in [0.1, 0.15) is 5.75 Å². The number of carbonyl (C=O) groups excluding carboxylic acids is 2. The summed E-state index contributed by atoms with van der Waals surface area (Å²) in [7, 11) is 0. The van der Waals surface area contributed by atoms with Crippen molar-refractivity contribution in [1.29, 1.82) is 0 Å². The molecular formula is C16H23N3O3. The van der Waals surface area contributed by atoms with Crippen LogP contribution in [-0.4, -0.2) is 44.1 Å². The fourth-order valence-corrected chi connectivity index (χ4v) is 2.36. The molecule has 1 unspecified atom stereocenters. The normalized spacial score (nSPS) is 16.9. The number of hydrogen-bond acceptors (Lipinski definition) is 4. The van der Waals surface area contributed by atoms with Crippen molar-refractivity contribution >= 4 is 17.5 Å². The first-order valence-corrected chi connectivity index (χ1v) is 7.68. The van der Waals surface area contributed by atoms with E-state index < -0.39 is 6.10 Å². The molecule has 0 saturated heterocycles. The SMILES string of the molecule is CCNCCNC(=O)CCN1C(=O)C(C)Oc2ccccc21. The molecule has 0 aromatic heterocycles. The predicted octanol–water partition coefficient (Wildman–Crippen LogP) is 0.916. The Bertz CT molecular complexity index is 533. The van der Waals surface area contributed by atoms with Crippen LogP contribution in [0.4, 0.5) is 5.69 Å². The van der Waals surface area contributed by atoms with E-state index in [1.54, 1.807) is 11.8 Å². The van der Waals surface area contributed by atoms with Crippen molar-refractivity contribution in [2.24, 2.45) is 0 Å². The fourth-order valence-electron chi connectivity index (χ4n) is 2.36. The maximum Gasteiger partial charge on any atom is 0.267 e. The zero-order chi connectivity index (χ0) is 15.9. The Balaban J connectivity index is 1.91. The minimum absolute atomic E-state index is 0.0534. The van der Waals surface area contributed by atoms with E-state index in [0.717, 1.165) is 18.8 Å². The molecule has 0 saturated carbocycles. The molecule has 1 heterocycles. The first-order valence-electron chi connectivity index (χ1n) is 7.68. The highest BCUT2D eigenvalue weighted by Gasteiger charge is 2.31. The highest BCUT2D eigenvalue weighted by molar-refractivity contribution is 6.00. The number of amides is 2. The number of ether oxygens (including phenoxy) is 1. The van der Waals surface area contributed by atoms with Crippen LogP contribution in [0.3, 0.4) is 0 Å². The van der Waals surface area contributed by atoms with Gasteiger partial charge in [-0.2, -0.15) is 0 Å². The molecule has 1 aromatic carbocycles. The van der Waals surface area contributed by atoms with Crippen LogP contribution in [0.2, 0.25) is 0 Å². The third kappa shape index (κ3) is 3.98. The molecule has 0 bridgehead atoms. The molecule has 6 nitrogen and oxygen atoms in total. The first-order chi connectivity index (χ1) is 10.6. The van der Waals surface area contributed by atoms with E-state index >= 15 is 0 Å². The Morgan fingerprint density at radius 2 is 2.09 bits per heavy atom. The standard InChI is InChI=1S/C16H23N3O3/c1-3-17-9-10-18-15(20)8-11-19-13-6-4-5-7-14(13)22-12(2)16(19)21/h4-7,12,17H,3,8-11H2,1-2H3,(H,18,20). The van der Waals surface area contributed by atoms with Crippen molar-refractivity contribution in [2.45, 2.75) is 26.4 Å². The lowest BCUT2D eigenvalue weighted by Gasteiger charge is -2.32. The maximum absolute atomic E-state index is 12.3. The van der Waals surface area contributed by atoms with Crippen molar-refractivity contribution in [3.8, 4) is 5.75 Å². The van der Waals surface area contributed by atoms with Gasteiger partial charge in [-0.15, -0.1) is 0 Å². The minimum Gasteiger partial charge on any atom is -0.479 e. The van der Waals surface area contributed by atoms with Crippen molar-refractivity contribution in [3.63, 3.8) is 0 Å². The summed E-state index contributed by atoms with van der Waals surface area (Å²) in [6.45, 7) is 6.32. The Kier molecular flexibility index (Phi) is 5.77. The maximum atomic E-state index is 12.3. The smallest absolute Gasteiger partial charge is 0.267 e. The first kappa shape index (κ1) is 16.3. The van der Waals surface area contributed by atoms with Crippen molar-refractivity contribution in [3.05, 3.63) is 24.3 Å². The van der Waals surface area contributed by atoms with Crippen LogP contribution in [0.15, 0.2) is 24.3 Å². The summed E-state index contributed by atoms with van der Waals surface area (Å²) in [5.74, 6) is 0.517. The summed E-state index contributed by atoms with van der Waals surface area (Å²) in [6, 6.07) is 7.39. The predicted molar refractivity (Wildman–Crippen MR) is 85.1 cm³/mol. The number of likely N-dealkylation sites (N-methyl/N-ethyl adjacent to an activating group) is 1. The second-order valence-corrected chi connectivity index (χ2v) is 5.17. The Morgan fingerprint density at radius 3 is 2.86 bits per heavy atom. The number of carbonyl (C=O) groups is 2. The third-order valence-electron chi connectivity index (χ3n) is 3.51. The second kappa shape index (κ2) is 7.79. The van der Waals surface area contributed by atoms with Gasteiger partial charge >= 0.3 is 0 Å². The van der Waals surface area contributed by atoms with E-state index in [1.807, 2.05) is 31.2 Å². The summed E-state index contributed by atoms with van der Waals surface area (Å²) in [5.41, 5.74) is 0.728. The van der Waals surface area contributed by atoms with Gasteiger partial charge in [-0.05, 0) is 25.6 Å². The zero-order valence-corrected chi connectivity index (χ0v) is 13.1. The van der Waals surface area contributed by atoms with Gasteiger partial charge in [0.25, 0.3) is 5.91 Å². The van der Waals surface area contributed by atoms with E-state index in [1.165, 1.54) is 0 Å². The van der Waals surface area contributed by atoms with Crippen molar-refractivity contribution in [1.82, 2.24) is 10.6 Å². The molecule has 1 aromatic rings. The molecule has 1 aliphatic rings. The van der Waals surface area contributed by atoms with E-state index in [9.17, 15) is 9.59 Å². The summed E-state index contributed by atoms with van der Waals surface area (Å²) in [4.78, 5) is 25.7. The Hall–Kier alpha value is -2.08. The lowest BCUT2D eigenvalue weighted by molar-refractivity contribution is -0.125. The van der Waals surface area contributed by atoms with Crippen LogP contribution in [0.5, 0.6) is 5.75 Å². The number of nitrogens with zero attached hydrogens (tertiary/aromatic N) is 1. The number of benzene rings is 1. The Labute approximate surface area is 130 Å². The van der Waals surface area contributed by atoms with Gasteiger partial charge in [0.05, 0.1) is 5.69 Å². The van der Waals surface area contributed by atoms with Crippen molar-refractivity contribution < 1.29 is 14.3 Å². The number of nitrogens with one attached hydrogen (secondary N) is 2. The van der Waals surface area contributed by atoms with Gasteiger partial charge in [0.15, 0.2) is 6.10 Å². The molecule has 0 fully saturated rings. The van der Waals surface area contributed by atoms with Crippen LogP contribution >= 0.6 is 0 Å². The monoisotopic (exact) mass is 305 g/mol. The van der Waals surface area contributed by atoms with Gasteiger partial charge in [0, 0.05) is 26.1 Å². The molecule has 0 aliphatic carbocycles. The van der Waals surface area contributed by atoms with Crippen molar-refractivity contribution in [2.75, 3.05) is 31.1 Å². The average Bonchev–Trinajstić information content (AvgIpc) is 2.52. The highest BCUT2D eigenvalue weighted by atomic mass is 16.5. The highest BCUT2D eigenvalue weighted by Crippen LogP contribution is 2.33. The third-order valence-corrected chi connectivity index (χ3v) is 3.51. The van der Waals surface area contributed by atoms with E-state index in [2.05, 4.69) is 10.6 Å². The number of fused-ring (bicyclic) bond motifs is 1. The fraction of sp³-hybridized carbons (Fsp3) is 0.500. The van der Waals surface area contributed by atoms with E-state index in [4.69, 9.17) is 4.74 Å². The van der Waals surface area contributed by atoms with Crippen LogP contribution in [-0.2, 0) is 9.59 Å². The molecule has 2 N–H and O–H groups in total. The van der Waals surface area contributed by atoms with Gasteiger partial charge in [-0.3, -0.25) is 9.59 Å². The molecular weight excluding hydrogens is 282 g/mol. The van der Waals surface area contributed by atoms with Crippen LogP contribution < -0.4 is 20.3 Å². The molecule has 2 amide bonds. The van der Waals surface area contributed by atoms with E-state index in [0.29, 0.717) is 18.8 Å². The quantitative estimate of drug-likeness (QED) is 0.735. The van der Waals surface area contributed by atoms with Crippen LogP contribution in [0, 0.1) is 0 Å². The molecule has 0 spiro atoms. The van der Waals surface area contributed by atoms with Gasteiger partial charge in [0.2, 0.25) is 5.91 Å².